The average Bonchev–Trinajstić information content (AvgIpc) is 2.52. The van der Waals surface area contributed by atoms with Crippen molar-refractivity contribution in [1.82, 2.24) is 5.43 Å². The molecule has 5 nitrogen and oxygen atoms in total. The van der Waals surface area contributed by atoms with E-state index in [-0.39, 0.29) is 5.75 Å². The second-order valence-electron chi connectivity index (χ2n) is 4.63. The predicted octanol–water partition coefficient (Wildman–Crippen LogP) is 3.83. The van der Waals surface area contributed by atoms with Crippen LogP contribution >= 0.6 is 31.9 Å². The molecule has 2 aromatic carbocycles. The first-order valence-corrected chi connectivity index (χ1v) is 8.28. The molecular formula is C16H14Br2N2O3. The second-order valence-corrected chi connectivity index (χ2v) is 6.40. The lowest BCUT2D eigenvalue weighted by Gasteiger charge is -2.13. The standard InChI is InChI=1S/C16H14Br2N2O3/c1-10(23-15-5-3-2-4-13(15)18)16(22)20-19-9-11-8-12(17)6-7-14(11)21/h2-10,21H,1H3,(H,20,22)/b19-9-/t10-/m0/s1. The van der Waals surface area contributed by atoms with E-state index in [0.29, 0.717) is 11.3 Å². The highest BCUT2D eigenvalue weighted by Gasteiger charge is 2.15. The maximum Gasteiger partial charge on any atom is 0.280 e. The summed E-state index contributed by atoms with van der Waals surface area (Å²) in [6.45, 7) is 1.63. The zero-order valence-corrected chi connectivity index (χ0v) is 15.3. The smallest absolute Gasteiger partial charge is 0.280 e. The molecule has 0 unspecified atom stereocenters. The minimum atomic E-state index is -0.720. The van der Waals surface area contributed by atoms with Crippen molar-refractivity contribution < 1.29 is 14.6 Å². The molecular weight excluding hydrogens is 428 g/mol. The molecule has 0 radical (unpaired) electrons. The first kappa shape index (κ1) is 17.5. The largest absolute Gasteiger partial charge is 0.507 e. The van der Waals surface area contributed by atoms with E-state index in [2.05, 4.69) is 42.4 Å². The van der Waals surface area contributed by atoms with Crippen molar-refractivity contribution in [2.75, 3.05) is 0 Å². The molecule has 0 aliphatic rings. The summed E-state index contributed by atoms with van der Waals surface area (Å²) in [4.78, 5) is 12.0. The van der Waals surface area contributed by atoms with Crippen LogP contribution in [0.1, 0.15) is 12.5 Å². The number of phenolic OH excluding ortho intramolecular Hbond substituents is 1. The van der Waals surface area contributed by atoms with Gasteiger partial charge in [0, 0.05) is 10.0 Å². The molecule has 2 N–H and O–H groups in total. The van der Waals surface area contributed by atoms with Crippen LogP contribution in [0.4, 0.5) is 0 Å². The molecule has 0 saturated carbocycles. The molecule has 23 heavy (non-hydrogen) atoms. The monoisotopic (exact) mass is 440 g/mol. The number of ether oxygens (including phenoxy) is 1. The van der Waals surface area contributed by atoms with Crippen molar-refractivity contribution in [2.24, 2.45) is 5.10 Å². The van der Waals surface area contributed by atoms with Crippen LogP contribution in [0, 0.1) is 0 Å². The van der Waals surface area contributed by atoms with Crippen molar-refractivity contribution in [3.05, 3.63) is 57.0 Å². The SMILES string of the molecule is C[C@H](Oc1ccccc1Br)C(=O)N/N=C\c1cc(Br)ccc1O. The molecule has 0 fully saturated rings. The van der Waals surface area contributed by atoms with Gasteiger partial charge in [-0.05, 0) is 53.2 Å². The summed E-state index contributed by atoms with van der Waals surface area (Å²) in [5.74, 6) is 0.249. The molecule has 0 saturated heterocycles. The molecule has 0 heterocycles. The van der Waals surface area contributed by atoms with Gasteiger partial charge in [-0.3, -0.25) is 4.79 Å². The van der Waals surface area contributed by atoms with E-state index >= 15 is 0 Å². The summed E-state index contributed by atoms with van der Waals surface area (Å²) in [5, 5.41) is 13.5. The zero-order valence-electron chi connectivity index (χ0n) is 12.2. The Morgan fingerprint density at radius 1 is 1.30 bits per heavy atom. The number of carbonyl (C=O) groups is 1. The number of benzene rings is 2. The number of phenols is 1. The second kappa shape index (κ2) is 8.12. The Balaban J connectivity index is 1.95. The van der Waals surface area contributed by atoms with Gasteiger partial charge in [-0.25, -0.2) is 5.43 Å². The van der Waals surface area contributed by atoms with Gasteiger partial charge < -0.3 is 9.84 Å². The van der Waals surface area contributed by atoms with Crippen molar-refractivity contribution in [3.63, 3.8) is 0 Å². The lowest BCUT2D eigenvalue weighted by molar-refractivity contribution is -0.127. The predicted molar refractivity (Wildman–Crippen MR) is 95.8 cm³/mol. The van der Waals surface area contributed by atoms with Gasteiger partial charge in [0.15, 0.2) is 6.10 Å². The Morgan fingerprint density at radius 2 is 2.04 bits per heavy atom. The summed E-state index contributed by atoms with van der Waals surface area (Å²) in [5.41, 5.74) is 2.87. The van der Waals surface area contributed by atoms with Crippen molar-refractivity contribution in [1.29, 1.82) is 0 Å². The minimum absolute atomic E-state index is 0.0729. The number of nitrogens with one attached hydrogen (secondary N) is 1. The third-order valence-electron chi connectivity index (χ3n) is 2.88. The number of hydrogen-bond acceptors (Lipinski definition) is 4. The zero-order chi connectivity index (χ0) is 16.8. The van der Waals surface area contributed by atoms with E-state index in [4.69, 9.17) is 4.74 Å². The van der Waals surface area contributed by atoms with E-state index in [0.717, 1.165) is 8.95 Å². The fourth-order valence-corrected chi connectivity index (χ4v) is 2.43. The molecule has 2 rings (SSSR count). The van der Waals surface area contributed by atoms with E-state index in [1.165, 1.54) is 12.3 Å². The van der Waals surface area contributed by atoms with Crippen LogP contribution in [0.5, 0.6) is 11.5 Å². The Bertz CT molecular complexity index is 735. The molecule has 7 heteroatoms. The van der Waals surface area contributed by atoms with Crippen LogP contribution in [-0.4, -0.2) is 23.3 Å². The molecule has 0 aliphatic carbocycles. The van der Waals surface area contributed by atoms with E-state index < -0.39 is 12.0 Å². The fraction of sp³-hybridized carbons (Fsp3) is 0.125. The van der Waals surface area contributed by atoms with Crippen LogP contribution in [0.25, 0.3) is 0 Å². The topological polar surface area (TPSA) is 70.9 Å². The first-order valence-electron chi connectivity index (χ1n) is 6.70. The van der Waals surface area contributed by atoms with E-state index in [1.54, 1.807) is 25.1 Å². The first-order chi connectivity index (χ1) is 11.0. The maximum absolute atomic E-state index is 12.0. The van der Waals surface area contributed by atoms with Gasteiger partial charge in [-0.1, -0.05) is 28.1 Å². The number of halogens is 2. The lowest BCUT2D eigenvalue weighted by atomic mass is 10.2. The summed E-state index contributed by atoms with van der Waals surface area (Å²) >= 11 is 6.65. The number of carbonyl (C=O) groups excluding carboxylic acids is 1. The molecule has 2 aromatic rings. The summed E-state index contributed by atoms with van der Waals surface area (Å²) in [6.07, 6.45) is 0.644. The van der Waals surface area contributed by atoms with Gasteiger partial charge in [0.2, 0.25) is 0 Å². The highest BCUT2D eigenvalue weighted by atomic mass is 79.9. The van der Waals surface area contributed by atoms with Crippen LogP contribution < -0.4 is 10.2 Å². The lowest BCUT2D eigenvalue weighted by Crippen LogP contribution is -2.33. The number of hydrazone groups is 1. The number of para-hydroxylation sites is 1. The highest BCUT2D eigenvalue weighted by molar-refractivity contribution is 9.10. The van der Waals surface area contributed by atoms with E-state index in [9.17, 15) is 9.90 Å². The Kier molecular flexibility index (Phi) is 6.18. The van der Waals surface area contributed by atoms with Gasteiger partial charge in [-0.15, -0.1) is 0 Å². The summed E-state index contributed by atoms with van der Waals surface area (Å²) < 4.78 is 7.13. The van der Waals surface area contributed by atoms with E-state index in [1.807, 2.05) is 18.2 Å². The van der Waals surface area contributed by atoms with Crippen LogP contribution in [0.2, 0.25) is 0 Å². The average molecular weight is 442 g/mol. The molecule has 1 atom stereocenters. The normalized spacial score (nSPS) is 12.1. The number of amides is 1. The number of nitrogens with zero attached hydrogens (tertiary/aromatic N) is 1. The van der Waals surface area contributed by atoms with Gasteiger partial charge in [-0.2, -0.15) is 5.10 Å². The fourth-order valence-electron chi connectivity index (χ4n) is 1.67. The van der Waals surface area contributed by atoms with Gasteiger partial charge in [0.25, 0.3) is 5.91 Å². The maximum atomic E-state index is 12.0. The summed E-state index contributed by atoms with van der Waals surface area (Å²) in [7, 11) is 0. The van der Waals surface area contributed by atoms with Crippen molar-refractivity contribution >= 4 is 44.0 Å². The molecule has 0 spiro atoms. The van der Waals surface area contributed by atoms with Crippen LogP contribution in [0.15, 0.2) is 56.5 Å². The van der Waals surface area contributed by atoms with Gasteiger partial charge >= 0.3 is 0 Å². The Morgan fingerprint density at radius 3 is 2.78 bits per heavy atom. The van der Waals surface area contributed by atoms with Gasteiger partial charge in [0.1, 0.15) is 11.5 Å². The van der Waals surface area contributed by atoms with Crippen LogP contribution in [0.3, 0.4) is 0 Å². The van der Waals surface area contributed by atoms with Crippen molar-refractivity contribution in [2.45, 2.75) is 13.0 Å². The van der Waals surface area contributed by atoms with Gasteiger partial charge in [0.05, 0.1) is 10.7 Å². The number of aromatic hydroxyl groups is 1. The van der Waals surface area contributed by atoms with Crippen molar-refractivity contribution in [3.8, 4) is 11.5 Å². The quantitative estimate of drug-likeness (QED) is 0.547. The molecule has 1 amide bonds. The molecule has 0 aliphatic heterocycles. The number of hydrogen-bond donors (Lipinski definition) is 2. The molecule has 120 valence electrons. The third kappa shape index (κ3) is 5.07. The Hall–Kier alpha value is -1.86. The number of rotatable bonds is 5. The third-order valence-corrected chi connectivity index (χ3v) is 4.03. The Labute approximate surface area is 150 Å². The minimum Gasteiger partial charge on any atom is -0.507 e. The highest BCUT2D eigenvalue weighted by Crippen LogP contribution is 2.24. The molecule has 0 bridgehead atoms. The molecule has 0 aromatic heterocycles. The summed E-state index contributed by atoms with van der Waals surface area (Å²) in [6, 6.07) is 12.2. The van der Waals surface area contributed by atoms with Crippen LogP contribution in [-0.2, 0) is 4.79 Å².